The number of aliphatic hydroxyl groups is 2. The van der Waals surface area contributed by atoms with Crippen LogP contribution in [0.3, 0.4) is 0 Å². The largest absolute Gasteiger partial charge is 0.496 e. The molecule has 0 bridgehead atoms. The second-order valence-corrected chi connectivity index (χ2v) is 17.5. The average molecular weight is 833 g/mol. The highest BCUT2D eigenvalue weighted by Crippen LogP contribution is 2.62. The van der Waals surface area contributed by atoms with E-state index < -0.39 is 30.1 Å². The summed E-state index contributed by atoms with van der Waals surface area (Å²) < 4.78 is 37.9. The number of amides is 1. The lowest BCUT2D eigenvalue weighted by molar-refractivity contribution is -0.254. The summed E-state index contributed by atoms with van der Waals surface area (Å²) >= 11 is 0. The number of nitrogens with zero attached hydrogens (tertiary/aromatic N) is 2. The molecule has 0 spiro atoms. The molecule has 1 saturated carbocycles. The van der Waals surface area contributed by atoms with Gasteiger partial charge < -0.3 is 48.4 Å². The monoisotopic (exact) mass is 832 g/mol. The lowest BCUT2D eigenvalue weighted by Crippen LogP contribution is -2.69. The van der Waals surface area contributed by atoms with Gasteiger partial charge >= 0.3 is 6.09 Å². The van der Waals surface area contributed by atoms with E-state index >= 15 is 0 Å². The number of hydrogen-bond donors (Lipinski definition) is 2. The molecular weight excluding hydrogens is 769 g/mol. The number of allylic oxidation sites excluding steroid dienone is 1. The van der Waals surface area contributed by atoms with E-state index in [1.807, 2.05) is 39.0 Å². The number of hydrogen-bond acceptors (Lipinski definition) is 12. The molecule has 1 saturated heterocycles. The van der Waals surface area contributed by atoms with E-state index in [0.717, 1.165) is 62.4 Å². The normalized spacial score (nSPS) is 26.4. The number of carbonyl (C=O) groups is 2. The van der Waals surface area contributed by atoms with E-state index in [-0.39, 0.29) is 56.0 Å². The molecule has 7 atom stereocenters. The van der Waals surface area contributed by atoms with Crippen LogP contribution in [0.4, 0.5) is 4.79 Å². The van der Waals surface area contributed by atoms with Crippen LogP contribution in [-0.4, -0.2) is 98.5 Å². The number of unbranched alkanes of at least 4 members (excludes halogenated alkanes) is 2. The van der Waals surface area contributed by atoms with Crippen LogP contribution in [0.2, 0.25) is 0 Å². The van der Waals surface area contributed by atoms with Gasteiger partial charge in [-0.15, -0.1) is 6.58 Å². The van der Waals surface area contributed by atoms with Crippen LogP contribution in [-0.2, 0) is 19.0 Å². The third-order valence-electron chi connectivity index (χ3n) is 12.0. The van der Waals surface area contributed by atoms with Crippen LogP contribution in [0.15, 0.2) is 65.9 Å². The van der Waals surface area contributed by atoms with Crippen molar-refractivity contribution in [3.8, 4) is 23.0 Å². The summed E-state index contributed by atoms with van der Waals surface area (Å²) in [5.41, 5.74) is 2.60. The number of fused-ring (bicyclic) bond motifs is 2. The quantitative estimate of drug-likeness (QED) is 0.0606. The van der Waals surface area contributed by atoms with Gasteiger partial charge in [-0.25, -0.2) is 4.79 Å². The first-order chi connectivity index (χ1) is 29.0. The van der Waals surface area contributed by atoms with Crippen molar-refractivity contribution in [2.24, 2.45) is 28.3 Å². The van der Waals surface area contributed by atoms with E-state index in [9.17, 15) is 19.8 Å². The minimum atomic E-state index is -1.42. The maximum Gasteiger partial charge on any atom is 0.410 e. The minimum absolute atomic E-state index is 0.0250. The Hall–Kier alpha value is -4.43. The molecule has 0 aromatic heterocycles. The SMILES string of the molecule is C=CCO[C@@]12Oc3ccc(Oc4ccc(OC)c(C=O)c4)cc3[C@H]3[C@H](CCCCO)[C@@H](CCCCO)C=C(C(=NOC4CCCCO4)C[C@@H]1N(C)C(=O)OCC(C)(C)C)[C@H]32. The molecule has 2 aromatic rings. The molecule has 2 N–H and O–H groups in total. The van der Waals surface area contributed by atoms with Gasteiger partial charge in [0.15, 0.2) is 6.29 Å². The van der Waals surface area contributed by atoms with Crippen molar-refractivity contribution in [1.29, 1.82) is 0 Å². The maximum atomic E-state index is 14.1. The molecule has 4 aliphatic rings. The van der Waals surface area contributed by atoms with Crippen molar-refractivity contribution in [3.05, 3.63) is 71.8 Å². The molecule has 2 fully saturated rings. The number of likely N-dealkylation sites (N-methyl/N-ethyl adjacent to an activating group) is 1. The number of aliphatic hydroxyl groups excluding tert-OH is 2. The Morgan fingerprint density at radius 1 is 1.05 bits per heavy atom. The Balaban J connectivity index is 1.54. The first-order valence-electron chi connectivity index (χ1n) is 21.5. The van der Waals surface area contributed by atoms with Crippen LogP contribution in [0.1, 0.15) is 107 Å². The van der Waals surface area contributed by atoms with Crippen molar-refractivity contribution < 1.29 is 53.1 Å². The Morgan fingerprint density at radius 3 is 2.48 bits per heavy atom. The Kier molecular flexibility index (Phi) is 15.4. The predicted octanol–water partition coefficient (Wildman–Crippen LogP) is 8.57. The second kappa shape index (κ2) is 20.4. The van der Waals surface area contributed by atoms with Gasteiger partial charge in [0.1, 0.15) is 29.0 Å². The van der Waals surface area contributed by atoms with Crippen molar-refractivity contribution in [2.75, 3.05) is 47.2 Å². The fourth-order valence-corrected chi connectivity index (χ4v) is 9.22. The van der Waals surface area contributed by atoms with E-state index in [2.05, 4.69) is 12.7 Å². The summed E-state index contributed by atoms with van der Waals surface area (Å²) in [6.07, 6.45) is 11.1. The van der Waals surface area contributed by atoms with E-state index in [1.54, 1.807) is 36.2 Å². The summed E-state index contributed by atoms with van der Waals surface area (Å²) in [7, 11) is 3.24. The van der Waals surface area contributed by atoms with Gasteiger partial charge in [0.05, 0.1) is 44.1 Å². The zero-order valence-electron chi connectivity index (χ0n) is 35.9. The van der Waals surface area contributed by atoms with Gasteiger partial charge in [-0.3, -0.25) is 4.79 Å². The zero-order chi connectivity index (χ0) is 42.9. The summed E-state index contributed by atoms with van der Waals surface area (Å²) in [5.74, 6) is -0.0435. The van der Waals surface area contributed by atoms with Crippen molar-refractivity contribution in [2.45, 2.75) is 109 Å². The number of oxime groups is 1. The fraction of sp³-hybridized carbons (Fsp3) is 0.596. The molecule has 0 radical (unpaired) electrons. The highest BCUT2D eigenvalue weighted by atomic mass is 16.8. The summed E-state index contributed by atoms with van der Waals surface area (Å²) in [5, 5.41) is 24.7. The summed E-state index contributed by atoms with van der Waals surface area (Å²) in [4.78, 5) is 33.8. The number of methoxy groups -OCH3 is 1. The summed E-state index contributed by atoms with van der Waals surface area (Å²) in [6, 6.07) is 10.1. The Bertz CT molecular complexity index is 1850. The van der Waals surface area contributed by atoms with Gasteiger partial charge in [-0.1, -0.05) is 50.9 Å². The Morgan fingerprint density at radius 2 is 1.80 bits per heavy atom. The molecule has 328 valence electrons. The lowest BCUT2D eigenvalue weighted by Gasteiger charge is -2.59. The van der Waals surface area contributed by atoms with Crippen LogP contribution in [0, 0.1) is 23.2 Å². The molecule has 13 nitrogen and oxygen atoms in total. The molecule has 2 aliphatic carbocycles. The third kappa shape index (κ3) is 10.2. The van der Waals surface area contributed by atoms with Crippen LogP contribution >= 0.6 is 0 Å². The molecule has 2 heterocycles. The number of benzene rings is 2. The number of ether oxygens (including phenoxy) is 6. The molecule has 1 amide bonds. The maximum absolute atomic E-state index is 14.1. The van der Waals surface area contributed by atoms with E-state index in [1.165, 1.54) is 7.11 Å². The van der Waals surface area contributed by atoms with Crippen LogP contribution < -0.4 is 14.2 Å². The van der Waals surface area contributed by atoms with Gasteiger partial charge in [0.2, 0.25) is 12.1 Å². The zero-order valence-corrected chi connectivity index (χ0v) is 35.9. The highest BCUT2D eigenvalue weighted by molar-refractivity contribution is 6.03. The number of aldehydes is 1. The highest BCUT2D eigenvalue weighted by Gasteiger charge is 2.65. The standard InChI is InChI=1S/C47H64N2O11/c1-7-23-57-47-41(49(5)45(53)56-30-46(2,3)4)28-38(48-60-42-16-10-13-24-55-42)36-26-31(14-8-11-21-50)35(15-9-12-22-51)43(44(36)47)37-27-34(18-20-40(37)59-47)58-33-17-19-39(54-6)32(25-33)29-52/h7,17-20,25-27,29,31,35,41-44,50-51H,1,8-16,21-24,28,30H2,2-6H3/t31-,35+,41-,42?,43+,44+,47+/m0/s1. The number of carbonyl (C=O) groups excluding carboxylic acids is 2. The first kappa shape index (κ1) is 45.1. The topological polar surface area (TPSA) is 155 Å². The Labute approximate surface area is 354 Å². The van der Waals surface area contributed by atoms with E-state index in [4.69, 9.17) is 38.4 Å². The van der Waals surface area contributed by atoms with Crippen molar-refractivity contribution in [1.82, 2.24) is 4.90 Å². The van der Waals surface area contributed by atoms with Gasteiger partial charge in [-0.2, -0.15) is 0 Å². The lowest BCUT2D eigenvalue weighted by atomic mass is 9.55. The van der Waals surface area contributed by atoms with Gasteiger partial charge in [0, 0.05) is 44.6 Å². The van der Waals surface area contributed by atoms with Crippen molar-refractivity contribution >= 4 is 18.1 Å². The molecule has 13 heteroatoms. The molecule has 60 heavy (non-hydrogen) atoms. The van der Waals surface area contributed by atoms with Gasteiger partial charge in [0.25, 0.3) is 0 Å². The van der Waals surface area contributed by atoms with Gasteiger partial charge in [-0.05, 0) is 97.7 Å². The molecule has 6 rings (SSSR count). The van der Waals surface area contributed by atoms with Crippen LogP contribution in [0.5, 0.6) is 23.0 Å². The third-order valence-corrected chi connectivity index (χ3v) is 12.0. The molecular formula is C47H64N2O11. The smallest absolute Gasteiger partial charge is 0.410 e. The minimum Gasteiger partial charge on any atom is -0.496 e. The second-order valence-electron chi connectivity index (χ2n) is 17.5. The molecule has 2 aliphatic heterocycles. The first-order valence-corrected chi connectivity index (χ1v) is 21.5. The fourth-order valence-electron chi connectivity index (χ4n) is 9.22. The predicted molar refractivity (Wildman–Crippen MR) is 227 cm³/mol. The molecule has 1 unspecified atom stereocenters. The summed E-state index contributed by atoms with van der Waals surface area (Å²) in [6.45, 7) is 11.1. The van der Waals surface area contributed by atoms with E-state index in [0.29, 0.717) is 53.7 Å². The average Bonchev–Trinajstić information content (AvgIpc) is 3.25. The molecule has 2 aromatic carbocycles. The van der Waals surface area contributed by atoms with Crippen LogP contribution in [0.25, 0.3) is 0 Å². The number of rotatable bonds is 19. The van der Waals surface area contributed by atoms with Crippen molar-refractivity contribution in [3.63, 3.8) is 0 Å².